The Kier molecular flexibility index (Phi) is 5.87. The van der Waals surface area contributed by atoms with Crippen LogP contribution in [0.1, 0.15) is 18.4 Å². The maximum atomic E-state index is 12.6. The van der Waals surface area contributed by atoms with Gasteiger partial charge < -0.3 is 14.4 Å². The molecule has 0 saturated carbocycles. The number of nitrogens with zero attached hydrogens (tertiary/aromatic N) is 1. The summed E-state index contributed by atoms with van der Waals surface area (Å²) >= 11 is 1.77. The molecule has 1 aliphatic rings. The lowest BCUT2D eigenvalue weighted by molar-refractivity contribution is -0.118. The summed E-state index contributed by atoms with van der Waals surface area (Å²) in [5, 5.41) is 0. The fourth-order valence-corrected chi connectivity index (χ4v) is 3.82. The molecule has 1 heterocycles. The molecule has 3 rings (SSSR count). The van der Waals surface area contributed by atoms with Gasteiger partial charge in [-0.2, -0.15) is 0 Å². The van der Waals surface area contributed by atoms with Gasteiger partial charge in [-0.25, -0.2) is 0 Å². The molecular weight excluding hydrogens is 334 g/mol. The van der Waals surface area contributed by atoms with Crippen LogP contribution in [0, 0.1) is 0 Å². The number of hydrogen-bond acceptors (Lipinski definition) is 4. The first kappa shape index (κ1) is 17.7. The van der Waals surface area contributed by atoms with Crippen LogP contribution in [0.4, 0.5) is 5.69 Å². The molecule has 1 aliphatic heterocycles. The molecule has 0 atom stereocenters. The van der Waals surface area contributed by atoms with E-state index in [1.54, 1.807) is 26.0 Å². The van der Waals surface area contributed by atoms with Crippen LogP contribution in [0.25, 0.3) is 0 Å². The molecule has 4 nitrogen and oxygen atoms in total. The number of carbonyl (C=O) groups is 1. The molecule has 0 aromatic heterocycles. The Morgan fingerprint density at radius 2 is 1.80 bits per heavy atom. The highest BCUT2D eigenvalue weighted by Gasteiger charge is 2.24. The second-order valence-corrected chi connectivity index (χ2v) is 7.09. The summed E-state index contributed by atoms with van der Waals surface area (Å²) in [5.74, 6) is 2.79. The Labute approximate surface area is 153 Å². The monoisotopic (exact) mass is 357 g/mol. The van der Waals surface area contributed by atoms with E-state index in [2.05, 4.69) is 6.07 Å². The van der Waals surface area contributed by atoms with Crippen molar-refractivity contribution in [2.45, 2.75) is 24.2 Å². The molecule has 132 valence electrons. The van der Waals surface area contributed by atoms with Crippen LogP contribution in [-0.4, -0.2) is 32.4 Å². The maximum Gasteiger partial charge on any atom is 0.227 e. The zero-order chi connectivity index (χ0) is 17.6. The van der Waals surface area contributed by atoms with Crippen molar-refractivity contribution in [1.82, 2.24) is 0 Å². The van der Waals surface area contributed by atoms with Gasteiger partial charge in [0.1, 0.15) is 11.5 Å². The first-order chi connectivity index (χ1) is 12.2. The predicted molar refractivity (Wildman–Crippen MR) is 102 cm³/mol. The molecule has 0 radical (unpaired) electrons. The lowest BCUT2D eigenvalue weighted by atomic mass is 10.1. The van der Waals surface area contributed by atoms with Gasteiger partial charge in [-0.3, -0.25) is 4.79 Å². The molecule has 25 heavy (non-hydrogen) atoms. The summed E-state index contributed by atoms with van der Waals surface area (Å²) in [6.07, 6.45) is 2.36. The highest BCUT2D eigenvalue weighted by Crippen LogP contribution is 2.32. The molecule has 5 heteroatoms. The Morgan fingerprint density at radius 1 is 1.08 bits per heavy atom. The molecule has 0 fully saturated rings. The first-order valence-corrected chi connectivity index (χ1v) is 9.44. The SMILES string of the molecule is COc1ccc(SCCCC(=O)N2CCc3ccc(OC)cc32)cc1. The topological polar surface area (TPSA) is 38.8 Å². The van der Waals surface area contributed by atoms with Crippen molar-refractivity contribution in [2.24, 2.45) is 0 Å². The van der Waals surface area contributed by atoms with Crippen LogP contribution >= 0.6 is 11.8 Å². The van der Waals surface area contributed by atoms with Crippen molar-refractivity contribution in [3.05, 3.63) is 48.0 Å². The number of anilines is 1. The van der Waals surface area contributed by atoms with Gasteiger partial charge in [-0.05, 0) is 54.5 Å². The van der Waals surface area contributed by atoms with Gasteiger partial charge in [0.25, 0.3) is 0 Å². The molecule has 0 N–H and O–H groups in total. The lowest BCUT2D eigenvalue weighted by Gasteiger charge is -2.18. The number of rotatable bonds is 7. The second-order valence-electron chi connectivity index (χ2n) is 5.92. The van der Waals surface area contributed by atoms with Gasteiger partial charge in [-0.1, -0.05) is 6.07 Å². The van der Waals surface area contributed by atoms with E-state index < -0.39 is 0 Å². The van der Waals surface area contributed by atoms with Gasteiger partial charge in [0, 0.05) is 23.9 Å². The van der Waals surface area contributed by atoms with E-state index in [4.69, 9.17) is 9.47 Å². The fraction of sp³-hybridized carbons (Fsp3) is 0.350. The van der Waals surface area contributed by atoms with E-state index >= 15 is 0 Å². The zero-order valence-electron chi connectivity index (χ0n) is 14.7. The molecule has 1 amide bonds. The number of methoxy groups -OCH3 is 2. The van der Waals surface area contributed by atoms with Crippen LogP contribution < -0.4 is 14.4 Å². The number of thioether (sulfide) groups is 1. The normalized spacial score (nSPS) is 12.8. The number of benzene rings is 2. The van der Waals surface area contributed by atoms with Crippen molar-refractivity contribution < 1.29 is 14.3 Å². The summed E-state index contributed by atoms with van der Waals surface area (Å²) in [4.78, 5) is 15.7. The van der Waals surface area contributed by atoms with Gasteiger partial charge in [0.15, 0.2) is 0 Å². The van der Waals surface area contributed by atoms with E-state index in [-0.39, 0.29) is 5.91 Å². The number of amides is 1. The minimum absolute atomic E-state index is 0.197. The van der Waals surface area contributed by atoms with Gasteiger partial charge >= 0.3 is 0 Å². The molecular formula is C20H23NO3S. The second kappa shape index (κ2) is 8.30. The average Bonchev–Trinajstić information content (AvgIpc) is 3.08. The summed E-state index contributed by atoms with van der Waals surface area (Å²) < 4.78 is 10.4. The van der Waals surface area contributed by atoms with Gasteiger partial charge in [0.2, 0.25) is 5.91 Å². The minimum atomic E-state index is 0.197. The third-order valence-electron chi connectivity index (χ3n) is 4.35. The molecule has 0 aliphatic carbocycles. The van der Waals surface area contributed by atoms with E-state index in [9.17, 15) is 4.79 Å². The number of fused-ring (bicyclic) bond motifs is 1. The Hall–Kier alpha value is -2.14. The standard InChI is InChI=1S/C20H23NO3S/c1-23-16-7-9-18(10-8-16)25-13-3-4-20(22)21-12-11-15-5-6-17(24-2)14-19(15)21/h5-10,14H,3-4,11-13H2,1-2H3. The summed E-state index contributed by atoms with van der Waals surface area (Å²) in [6.45, 7) is 0.771. The minimum Gasteiger partial charge on any atom is -0.497 e. The highest BCUT2D eigenvalue weighted by atomic mass is 32.2. The molecule has 0 unspecified atom stereocenters. The van der Waals surface area contributed by atoms with Gasteiger partial charge in [-0.15, -0.1) is 11.8 Å². The molecule has 0 bridgehead atoms. The zero-order valence-corrected chi connectivity index (χ0v) is 15.5. The van der Waals surface area contributed by atoms with E-state index in [1.807, 2.05) is 41.3 Å². The Bertz CT molecular complexity index is 730. The van der Waals surface area contributed by atoms with Crippen LogP contribution in [-0.2, 0) is 11.2 Å². The smallest absolute Gasteiger partial charge is 0.227 e. The Morgan fingerprint density at radius 3 is 2.52 bits per heavy atom. The molecule has 0 spiro atoms. The van der Waals surface area contributed by atoms with Crippen LogP contribution in [0.15, 0.2) is 47.4 Å². The van der Waals surface area contributed by atoms with Crippen molar-refractivity contribution in [2.75, 3.05) is 31.4 Å². The third kappa shape index (κ3) is 4.28. The quantitative estimate of drug-likeness (QED) is 0.551. The Balaban J connectivity index is 1.49. The summed E-state index contributed by atoms with van der Waals surface area (Å²) in [6, 6.07) is 14.0. The third-order valence-corrected chi connectivity index (χ3v) is 5.45. The number of ether oxygens (including phenoxy) is 2. The van der Waals surface area contributed by atoms with Crippen LogP contribution in [0.5, 0.6) is 11.5 Å². The maximum absolute atomic E-state index is 12.6. The fourth-order valence-electron chi connectivity index (χ4n) is 2.97. The highest BCUT2D eigenvalue weighted by molar-refractivity contribution is 7.99. The molecule has 2 aromatic carbocycles. The molecule has 0 saturated heterocycles. The van der Waals surface area contributed by atoms with Gasteiger partial charge in [0.05, 0.1) is 19.9 Å². The van der Waals surface area contributed by atoms with Crippen LogP contribution in [0.2, 0.25) is 0 Å². The van der Waals surface area contributed by atoms with Crippen molar-refractivity contribution in [3.63, 3.8) is 0 Å². The first-order valence-electron chi connectivity index (χ1n) is 8.45. The van der Waals surface area contributed by atoms with E-state index in [0.29, 0.717) is 6.42 Å². The van der Waals surface area contributed by atoms with Crippen molar-refractivity contribution in [1.29, 1.82) is 0 Å². The van der Waals surface area contributed by atoms with Crippen LogP contribution in [0.3, 0.4) is 0 Å². The lowest BCUT2D eigenvalue weighted by Crippen LogP contribution is -2.28. The average molecular weight is 357 g/mol. The molecule has 2 aromatic rings. The largest absolute Gasteiger partial charge is 0.497 e. The van der Waals surface area contributed by atoms with E-state index in [1.165, 1.54) is 10.5 Å². The predicted octanol–water partition coefficient (Wildman–Crippen LogP) is 4.17. The number of hydrogen-bond donors (Lipinski definition) is 0. The van der Waals surface area contributed by atoms with Crippen molar-refractivity contribution >= 4 is 23.4 Å². The summed E-state index contributed by atoms with van der Waals surface area (Å²) in [7, 11) is 3.32. The summed E-state index contributed by atoms with van der Waals surface area (Å²) in [5.41, 5.74) is 2.23. The van der Waals surface area contributed by atoms with Crippen molar-refractivity contribution in [3.8, 4) is 11.5 Å². The number of carbonyl (C=O) groups excluding carboxylic acids is 1. The van der Waals surface area contributed by atoms with E-state index in [0.717, 1.165) is 42.3 Å².